The second-order valence-corrected chi connectivity index (χ2v) is 9.83. The Morgan fingerprint density at radius 1 is 1.00 bits per heavy atom. The molecule has 2 heterocycles. The number of fused-ring (bicyclic) bond motifs is 1. The number of hydrogen-bond acceptors (Lipinski definition) is 5. The maximum Gasteiger partial charge on any atom is 0.275 e. The highest BCUT2D eigenvalue weighted by Crippen LogP contribution is 2.22. The van der Waals surface area contributed by atoms with Gasteiger partial charge in [-0.1, -0.05) is 40.2 Å². The largest absolute Gasteiger partial charge is 0.335 e. The lowest BCUT2D eigenvalue weighted by Gasteiger charge is -2.34. The molecule has 8 nitrogen and oxygen atoms in total. The maximum atomic E-state index is 13.1. The van der Waals surface area contributed by atoms with Gasteiger partial charge in [0.05, 0.1) is 10.3 Å². The molecule has 1 amide bonds. The van der Waals surface area contributed by atoms with Gasteiger partial charge in [0.15, 0.2) is 5.69 Å². The number of nitrogens with zero attached hydrogens (tertiary/aromatic N) is 4. The van der Waals surface area contributed by atoms with Crippen LogP contribution in [-0.4, -0.2) is 59.5 Å². The van der Waals surface area contributed by atoms with Crippen LogP contribution in [0.2, 0.25) is 0 Å². The summed E-state index contributed by atoms with van der Waals surface area (Å²) in [6.45, 7) is 0.852. The molecule has 0 bridgehead atoms. The van der Waals surface area contributed by atoms with E-state index in [9.17, 15) is 18.0 Å². The zero-order valence-electron chi connectivity index (χ0n) is 16.2. The Morgan fingerprint density at radius 2 is 1.67 bits per heavy atom. The fourth-order valence-corrected chi connectivity index (χ4v) is 5.53. The summed E-state index contributed by atoms with van der Waals surface area (Å²) < 4.78 is 29.0. The Hall–Kier alpha value is -2.56. The molecule has 1 aromatic heterocycles. The van der Waals surface area contributed by atoms with Crippen molar-refractivity contribution < 1.29 is 13.2 Å². The third kappa shape index (κ3) is 3.66. The lowest BCUT2D eigenvalue weighted by Crippen LogP contribution is -2.50. The number of rotatable bonds is 3. The Bertz CT molecular complexity index is 1300. The minimum Gasteiger partial charge on any atom is -0.335 e. The van der Waals surface area contributed by atoms with Crippen molar-refractivity contribution in [2.24, 2.45) is 7.05 Å². The summed E-state index contributed by atoms with van der Waals surface area (Å²) in [6, 6.07) is 13.4. The molecule has 0 atom stereocenters. The van der Waals surface area contributed by atoms with E-state index in [0.717, 1.165) is 4.68 Å². The van der Waals surface area contributed by atoms with E-state index in [-0.39, 0.29) is 48.2 Å². The Morgan fingerprint density at radius 3 is 2.33 bits per heavy atom. The van der Waals surface area contributed by atoms with Gasteiger partial charge in [0.25, 0.3) is 11.5 Å². The summed E-state index contributed by atoms with van der Waals surface area (Å²) in [5.74, 6) is -0.318. The van der Waals surface area contributed by atoms with Gasteiger partial charge in [-0.15, -0.1) is 0 Å². The summed E-state index contributed by atoms with van der Waals surface area (Å²) >= 11 is 3.30. The maximum absolute atomic E-state index is 13.1. The van der Waals surface area contributed by atoms with Crippen molar-refractivity contribution in [1.82, 2.24) is 19.0 Å². The van der Waals surface area contributed by atoms with Crippen LogP contribution >= 0.6 is 15.9 Å². The SMILES string of the molecule is Cn1nc(C(=O)N2CCN(S(=O)(=O)c3cccc(Br)c3)CC2)c2ccccc2c1=O. The number of halogens is 1. The normalized spacial score (nSPS) is 15.5. The van der Waals surface area contributed by atoms with Crippen LogP contribution in [0.5, 0.6) is 0 Å². The zero-order chi connectivity index (χ0) is 21.5. The number of carbonyl (C=O) groups is 1. The van der Waals surface area contributed by atoms with Gasteiger partial charge in [0.1, 0.15) is 0 Å². The molecule has 1 fully saturated rings. The highest BCUT2D eigenvalue weighted by Gasteiger charge is 2.31. The van der Waals surface area contributed by atoms with Crippen molar-refractivity contribution in [3.63, 3.8) is 0 Å². The quantitative estimate of drug-likeness (QED) is 0.558. The summed E-state index contributed by atoms with van der Waals surface area (Å²) in [7, 11) is -2.13. The van der Waals surface area contributed by atoms with Gasteiger partial charge in [-0.05, 0) is 24.3 Å². The van der Waals surface area contributed by atoms with Crippen LogP contribution in [0.1, 0.15) is 10.5 Å². The van der Waals surface area contributed by atoms with E-state index < -0.39 is 10.0 Å². The van der Waals surface area contributed by atoms with Crippen molar-refractivity contribution in [2.75, 3.05) is 26.2 Å². The Balaban J connectivity index is 1.57. The van der Waals surface area contributed by atoms with Gasteiger partial charge >= 0.3 is 0 Å². The fraction of sp³-hybridized carbons (Fsp3) is 0.250. The van der Waals surface area contributed by atoms with E-state index in [1.165, 1.54) is 11.4 Å². The van der Waals surface area contributed by atoms with Gasteiger partial charge in [-0.25, -0.2) is 13.1 Å². The first-order chi connectivity index (χ1) is 14.3. The molecular formula is C20H19BrN4O4S. The van der Waals surface area contributed by atoms with Gasteiger partial charge in [0, 0.05) is 43.1 Å². The molecule has 30 heavy (non-hydrogen) atoms. The van der Waals surface area contributed by atoms with Gasteiger partial charge in [-0.2, -0.15) is 9.40 Å². The molecule has 0 N–H and O–H groups in total. The van der Waals surface area contributed by atoms with Crippen LogP contribution in [0.15, 0.2) is 62.7 Å². The second-order valence-electron chi connectivity index (χ2n) is 6.98. The molecule has 0 spiro atoms. The number of hydrogen-bond donors (Lipinski definition) is 0. The van der Waals surface area contributed by atoms with Crippen molar-refractivity contribution in [2.45, 2.75) is 4.90 Å². The number of aromatic nitrogens is 2. The van der Waals surface area contributed by atoms with Crippen LogP contribution in [0.4, 0.5) is 0 Å². The molecule has 1 aliphatic heterocycles. The molecule has 156 valence electrons. The molecule has 0 saturated carbocycles. The summed E-state index contributed by atoms with van der Waals surface area (Å²) in [5.41, 5.74) is -0.0805. The predicted octanol–water partition coefficient (Wildman–Crippen LogP) is 1.84. The number of sulfonamides is 1. The Kier molecular flexibility index (Phi) is 5.48. The van der Waals surface area contributed by atoms with Crippen LogP contribution in [0.25, 0.3) is 10.8 Å². The predicted molar refractivity (Wildman–Crippen MR) is 116 cm³/mol. The van der Waals surface area contributed by atoms with Crippen molar-refractivity contribution in [3.8, 4) is 0 Å². The molecule has 2 aromatic carbocycles. The van der Waals surface area contributed by atoms with Crippen LogP contribution < -0.4 is 5.56 Å². The number of benzene rings is 2. The number of piperazine rings is 1. The monoisotopic (exact) mass is 490 g/mol. The molecule has 3 aromatic rings. The van der Waals surface area contributed by atoms with E-state index in [1.807, 2.05) is 0 Å². The van der Waals surface area contributed by atoms with Crippen LogP contribution in [0.3, 0.4) is 0 Å². The smallest absolute Gasteiger partial charge is 0.275 e. The topological polar surface area (TPSA) is 92.6 Å². The third-order valence-corrected chi connectivity index (χ3v) is 7.51. The first kappa shape index (κ1) is 20.7. The second kappa shape index (κ2) is 7.93. The molecule has 1 aliphatic rings. The third-order valence-electron chi connectivity index (χ3n) is 5.12. The van der Waals surface area contributed by atoms with E-state index in [2.05, 4.69) is 21.0 Å². The van der Waals surface area contributed by atoms with E-state index in [1.54, 1.807) is 53.4 Å². The van der Waals surface area contributed by atoms with Gasteiger partial charge in [-0.3, -0.25) is 9.59 Å². The number of carbonyl (C=O) groups excluding carboxylic acids is 1. The van der Waals surface area contributed by atoms with Crippen LogP contribution in [-0.2, 0) is 17.1 Å². The highest BCUT2D eigenvalue weighted by molar-refractivity contribution is 9.10. The average molecular weight is 491 g/mol. The molecule has 0 unspecified atom stereocenters. The zero-order valence-corrected chi connectivity index (χ0v) is 18.6. The van der Waals surface area contributed by atoms with Crippen LogP contribution in [0, 0.1) is 0 Å². The van der Waals surface area contributed by atoms with Crippen molar-refractivity contribution in [3.05, 3.63) is 69.1 Å². The van der Waals surface area contributed by atoms with E-state index in [4.69, 9.17) is 0 Å². The first-order valence-corrected chi connectivity index (χ1v) is 11.5. The highest BCUT2D eigenvalue weighted by atomic mass is 79.9. The molecule has 0 aliphatic carbocycles. The summed E-state index contributed by atoms with van der Waals surface area (Å²) in [5, 5.41) is 5.10. The number of aryl methyl sites for hydroxylation is 1. The average Bonchev–Trinajstić information content (AvgIpc) is 2.76. The summed E-state index contributed by atoms with van der Waals surface area (Å²) in [6.07, 6.45) is 0. The standard InChI is InChI=1S/C20H19BrN4O4S/c1-23-19(26)17-8-3-2-7-16(17)18(22-23)20(27)24-9-11-25(12-10-24)30(28,29)15-6-4-5-14(21)13-15/h2-8,13H,9-12H2,1H3. The van der Waals surface area contributed by atoms with E-state index >= 15 is 0 Å². The Labute approximate surface area is 181 Å². The first-order valence-electron chi connectivity index (χ1n) is 9.30. The van der Waals surface area contributed by atoms with Gasteiger partial charge in [0.2, 0.25) is 10.0 Å². The van der Waals surface area contributed by atoms with Crippen molar-refractivity contribution >= 4 is 42.6 Å². The lowest BCUT2D eigenvalue weighted by molar-refractivity contribution is 0.0691. The molecule has 0 radical (unpaired) electrons. The fourth-order valence-electron chi connectivity index (χ4n) is 3.52. The minimum atomic E-state index is -3.64. The lowest BCUT2D eigenvalue weighted by atomic mass is 10.1. The number of amides is 1. The molecule has 4 rings (SSSR count). The molecular weight excluding hydrogens is 472 g/mol. The minimum absolute atomic E-state index is 0.185. The van der Waals surface area contributed by atoms with E-state index in [0.29, 0.717) is 15.2 Å². The van der Waals surface area contributed by atoms with Gasteiger partial charge < -0.3 is 4.90 Å². The summed E-state index contributed by atoms with van der Waals surface area (Å²) in [4.78, 5) is 27.2. The molecule has 10 heteroatoms. The molecule has 1 saturated heterocycles. The van der Waals surface area contributed by atoms with Crippen molar-refractivity contribution in [1.29, 1.82) is 0 Å².